The lowest BCUT2D eigenvalue weighted by Crippen LogP contribution is -2.55. The van der Waals surface area contributed by atoms with Gasteiger partial charge in [-0.25, -0.2) is 9.18 Å². The van der Waals surface area contributed by atoms with Crippen LogP contribution in [0.5, 0.6) is 0 Å². The first kappa shape index (κ1) is 18.8. The van der Waals surface area contributed by atoms with E-state index in [-0.39, 0.29) is 43.7 Å². The van der Waals surface area contributed by atoms with E-state index in [9.17, 15) is 18.8 Å². The molecule has 8 nitrogen and oxygen atoms in total. The molecule has 1 aromatic carbocycles. The Hall–Kier alpha value is -2.94. The second kappa shape index (κ2) is 7.75. The summed E-state index contributed by atoms with van der Waals surface area (Å²) in [7, 11) is 0. The Morgan fingerprint density at radius 3 is 2.93 bits per heavy atom. The third-order valence-corrected chi connectivity index (χ3v) is 4.48. The van der Waals surface area contributed by atoms with Crippen molar-refractivity contribution in [1.82, 2.24) is 15.2 Å². The zero-order valence-electron chi connectivity index (χ0n) is 14.7. The Balaban J connectivity index is 1.81. The van der Waals surface area contributed by atoms with Crippen molar-refractivity contribution in [3.63, 3.8) is 0 Å². The molecule has 3 N–H and O–H groups in total. The Kier molecular flexibility index (Phi) is 5.41. The van der Waals surface area contributed by atoms with E-state index in [0.29, 0.717) is 5.52 Å². The molecule has 9 heteroatoms. The van der Waals surface area contributed by atoms with Gasteiger partial charge in [-0.15, -0.1) is 0 Å². The number of amides is 2. The highest BCUT2D eigenvalue weighted by Crippen LogP contribution is 2.21. The van der Waals surface area contributed by atoms with Crippen LogP contribution in [0.4, 0.5) is 4.39 Å². The molecule has 1 aliphatic heterocycles. The number of ether oxygens (including phenoxy) is 1. The monoisotopic (exact) mass is 377 g/mol. The number of carbonyl (C=O) groups is 3. The van der Waals surface area contributed by atoms with Crippen molar-refractivity contribution in [1.29, 1.82) is 0 Å². The molecule has 1 saturated heterocycles. The zero-order valence-corrected chi connectivity index (χ0v) is 14.7. The summed E-state index contributed by atoms with van der Waals surface area (Å²) in [5.41, 5.74) is 1.34. The van der Waals surface area contributed by atoms with Crippen LogP contribution in [0.1, 0.15) is 12.5 Å². The number of aromatic nitrogens is 1. The summed E-state index contributed by atoms with van der Waals surface area (Å²) in [5.74, 6) is -2.26. The number of hydrogen-bond acceptors (Lipinski definition) is 4. The number of aromatic amines is 1. The average molecular weight is 377 g/mol. The molecule has 3 rings (SSSR count). The molecule has 2 atom stereocenters. The van der Waals surface area contributed by atoms with E-state index < -0.39 is 18.1 Å². The Bertz CT molecular complexity index is 881. The van der Waals surface area contributed by atoms with Crippen LogP contribution in [0.3, 0.4) is 0 Å². The minimum absolute atomic E-state index is 0.0800. The maximum Gasteiger partial charge on any atom is 0.334 e. The maximum atomic E-state index is 13.4. The van der Waals surface area contributed by atoms with Gasteiger partial charge >= 0.3 is 5.97 Å². The van der Waals surface area contributed by atoms with Crippen molar-refractivity contribution in [2.24, 2.45) is 0 Å². The fourth-order valence-electron chi connectivity index (χ4n) is 3.21. The molecule has 0 saturated carbocycles. The quantitative estimate of drug-likeness (QED) is 0.709. The predicted molar refractivity (Wildman–Crippen MR) is 93.5 cm³/mol. The van der Waals surface area contributed by atoms with Crippen molar-refractivity contribution in [2.45, 2.75) is 25.5 Å². The van der Waals surface area contributed by atoms with Crippen molar-refractivity contribution < 1.29 is 28.6 Å². The summed E-state index contributed by atoms with van der Waals surface area (Å²) in [4.78, 5) is 40.0. The molecule has 27 heavy (non-hydrogen) atoms. The first-order valence-corrected chi connectivity index (χ1v) is 8.51. The highest BCUT2D eigenvalue weighted by molar-refractivity contribution is 5.89. The van der Waals surface area contributed by atoms with Gasteiger partial charge in [-0.1, -0.05) is 0 Å². The van der Waals surface area contributed by atoms with Gasteiger partial charge in [0.2, 0.25) is 11.8 Å². The summed E-state index contributed by atoms with van der Waals surface area (Å²) in [5, 5.41) is 12.5. The zero-order chi connectivity index (χ0) is 19.6. The Morgan fingerprint density at radius 2 is 2.22 bits per heavy atom. The van der Waals surface area contributed by atoms with Gasteiger partial charge in [0.05, 0.1) is 13.2 Å². The first-order valence-electron chi connectivity index (χ1n) is 8.51. The van der Waals surface area contributed by atoms with Crippen LogP contribution >= 0.6 is 0 Å². The predicted octanol–water partition coefficient (Wildman–Crippen LogP) is 0.666. The molecule has 0 unspecified atom stereocenters. The molecular weight excluding hydrogens is 357 g/mol. The average Bonchev–Trinajstić information content (AvgIpc) is 3.02. The molecule has 0 spiro atoms. The van der Waals surface area contributed by atoms with Crippen LogP contribution < -0.4 is 5.32 Å². The van der Waals surface area contributed by atoms with Gasteiger partial charge in [-0.3, -0.25) is 9.59 Å². The molecule has 2 aromatic rings. The topological polar surface area (TPSA) is 112 Å². The number of aliphatic carboxylic acids is 1. The molecular formula is C18H20FN3O5. The van der Waals surface area contributed by atoms with Crippen LogP contribution in [0.25, 0.3) is 10.9 Å². The van der Waals surface area contributed by atoms with Crippen molar-refractivity contribution in [2.75, 3.05) is 19.7 Å². The molecule has 1 aliphatic rings. The lowest BCUT2D eigenvalue weighted by Gasteiger charge is -2.33. The van der Waals surface area contributed by atoms with E-state index in [1.165, 1.54) is 24.0 Å². The van der Waals surface area contributed by atoms with Crippen LogP contribution in [-0.4, -0.2) is 64.6 Å². The van der Waals surface area contributed by atoms with Gasteiger partial charge in [0.1, 0.15) is 11.9 Å². The van der Waals surface area contributed by atoms with Crippen LogP contribution in [0, 0.1) is 5.82 Å². The largest absolute Gasteiger partial charge is 0.479 e. The number of nitrogens with one attached hydrogen (secondary N) is 2. The van der Waals surface area contributed by atoms with Gasteiger partial charge < -0.3 is 25.0 Å². The van der Waals surface area contributed by atoms with E-state index in [0.717, 1.165) is 10.9 Å². The number of carboxylic acid groups (broad SMARTS) is 1. The summed E-state index contributed by atoms with van der Waals surface area (Å²) < 4.78 is 18.5. The van der Waals surface area contributed by atoms with Gasteiger partial charge in [0.15, 0.2) is 6.10 Å². The molecule has 1 fully saturated rings. The first-order chi connectivity index (χ1) is 12.8. The highest BCUT2D eigenvalue weighted by Gasteiger charge is 2.33. The summed E-state index contributed by atoms with van der Waals surface area (Å²) in [6, 6.07) is 3.43. The number of hydrogen-bond donors (Lipinski definition) is 3. The van der Waals surface area contributed by atoms with E-state index in [4.69, 9.17) is 9.84 Å². The normalized spacial score (nSPS) is 18.3. The van der Waals surface area contributed by atoms with Crippen molar-refractivity contribution in [3.05, 3.63) is 35.8 Å². The molecule has 0 aliphatic carbocycles. The third-order valence-electron chi connectivity index (χ3n) is 4.48. The lowest BCUT2D eigenvalue weighted by molar-refractivity contribution is -0.160. The number of morpholine rings is 1. The number of fused-ring (bicyclic) bond motifs is 1. The van der Waals surface area contributed by atoms with Gasteiger partial charge in [-0.2, -0.15) is 0 Å². The standard InChI is InChI=1S/C18H20FN3O5/c1-10(23)21-15(17(24)22-4-5-27-16(9-22)18(25)26)6-11-8-20-14-7-12(19)2-3-13(11)14/h2-3,7-8,15-16,20H,4-6,9H2,1H3,(H,21,23)(H,25,26)/t15-,16+/m0/s1. The second-order valence-electron chi connectivity index (χ2n) is 6.44. The number of benzene rings is 1. The van der Waals surface area contributed by atoms with Gasteiger partial charge in [0, 0.05) is 37.0 Å². The SMILES string of the molecule is CC(=O)N[C@@H](Cc1c[nH]c2cc(F)ccc12)C(=O)N1CCO[C@@H](C(=O)O)C1. The summed E-state index contributed by atoms with van der Waals surface area (Å²) >= 11 is 0. The Labute approximate surface area is 154 Å². The number of nitrogens with zero attached hydrogens (tertiary/aromatic N) is 1. The number of H-pyrrole nitrogens is 1. The molecule has 2 amide bonds. The van der Waals surface area contributed by atoms with Crippen molar-refractivity contribution >= 4 is 28.7 Å². The van der Waals surface area contributed by atoms with E-state index >= 15 is 0 Å². The number of rotatable bonds is 5. The lowest BCUT2D eigenvalue weighted by atomic mass is 10.0. The van der Waals surface area contributed by atoms with Gasteiger partial charge in [0.25, 0.3) is 0 Å². The third kappa shape index (κ3) is 4.25. The Morgan fingerprint density at radius 1 is 1.44 bits per heavy atom. The molecule has 2 heterocycles. The fraction of sp³-hybridized carbons (Fsp3) is 0.389. The summed E-state index contributed by atoms with van der Waals surface area (Å²) in [6.07, 6.45) is 0.779. The number of carboxylic acids is 1. The minimum atomic E-state index is -1.14. The second-order valence-corrected chi connectivity index (χ2v) is 6.44. The highest BCUT2D eigenvalue weighted by atomic mass is 19.1. The van der Waals surface area contributed by atoms with E-state index in [1.54, 1.807) is 12.3 Å². The van der Waals surface area contributed by atoms with Gasteiger partial charge in [-0.05, 0) is 23.8 Å². The minimum Gasteiger partial charge on any atom is -0.479 e. The molecule has 1 aromatic heterocycles. The van der Waals surface area contributed by atoms with Crippen LogP contribution in [-0.2, 0) is 25.5 Å². The van der Waals surface area contributed by atoms with Crippen LogP contribution in [0.15, 0.2) is 24.4 Å². The van der Waals surface area contributed by atoms with Crippen molar-refractivity contribution in [3.8, 4) is 0 Å². The molecule has 0 bridgehead atoms. The number of halogens is 1. The van der Waals surface area contributed by atoms with E-state index in [1.807, 2.05) is 0 Å². The van der Waals surface area contributed by atoms with E-state index in [2.05, 4.69) is 10.3 Å². The maximum absolute atomic E-state index is 13.4. The summed E-state index contributed by atoms with van der Waals surface area (Å²) in [6.45, 7) is 1.59. The molecule has 0 radical (unpaired) electrons. The van der Waals surface area contributed by atoms with Crippen LogP contribution in [0.2, 0.25) is 0 Å². The fourth-order valence-corrected chi connectivity index (χ4v) is 3.21. The smallest absolute Gasteiger partial charge is 0.334 e. The number of carbonyl (C=O) groups excluding carboxylic acids is 2. The molecule has 144 valence electrons.